The molecule has 0 spiro atoms. The van der Waals surface area contributed by atoms with E-state index in [1.165, 1.54) is 7.11 Å². The van der Waals surface area contributed by atoms with Gasteiger partial charge in [-0.2, -0.15) is 4.98 Å². The van der Waals surface area contributed by atoms with Crippen LogP contribution in [0.2, 0.25) is 0 Å². The summed E-state index contributed by atoms with van der Waals surface area (Å²) in [5.74, 6) is -1.94. The number of aromatic amines is 1. The molecule has 1 fully saturated rings. The van der Waals surface area contributed by atoms with Crippen molar-refractivity contribution >= 4 is 17.8 Å². The molecular formula is C11H16N4O4. The number of hydrogen-bond acceptors (Lipinski definition) is 5. The predicted octanol–water partition coefficient (Wildman–Crippen LogP) is 0.246. The highest BCUT2D eigenvalue weighted by molar-refractivity contribution is 5.98. The molecule has 0 bridgehead atoms. The summed E-state index contributed by atoms with van der Waals surface area (Å²) < 4.78 is 4.86. The third kappa shape index (κ3) is 2.43. The summed E-state index contributed by atoms with van der Waals surface area (Å²) in [6, 6.07) is 0. The number of ether oxygens (including phenoxy) is 1. The maximum atomic E-state index is 12.0. The van der Waals surface area contributed by atoms with Crippen LogP contribution in [-0.2, 0) is 20.9 Å². The molecular weight excluding hydrogens is 252 g/mol. The standard InChI is InChI=1S/C11H16N4O4/c1-11(2)6(7(11)9(17)18)8(16)13-10-12-5(4-19-3)14-15-10/h6-7H,4H2,1-3H3,(H,17,18)(H2,12,13,14,15,16). The van der Waals surface area contributed by atoms with Crippen molar-refractivity contribution in [3.05, 3.63) is 5.82 Å². The lowest BCUT2D eigenvalue weighted by atomic mass is 10.1. The van der Waals surface area contributed by atoms with E-state index >= 15 is 0 Å². The Kier molecular flexibility index (Phi) is 3.27. The van der Waals surface area contributed by atoms with Crippen LogP contribution < -0.4 is 5.32 Å². The number of nitrogens with one attached hydrogen (secondary N) is 2. The summed E-state index contributed by atoms with van der Waals surface area (Å²) >= 11 is 0. The van der Waals surface area contributed by atoms with Crippen LogP contribution in [0, 0.1) is 17.3 Å². The van der Waals surface area contributed by atoms with Gasteiger partial charge in [0.2, 0.25) is 11.9 Å². The van der Waals surface area contributed by atoms with Crippen molar-refractivity contribution in [3.8, 4) is 0 Å². The number of anilines is 1. The van der Waals surface area contributed by atoms with Gasteiger partial charge in [0.15, 0.2) is 5.82 Å². The SMILES string of the molecule is COCc1nc(NC(=O)C2C(C(=O)O)C2(C)C)n[nH]1. The van der Waals surface area contributed by atoms with E-state index in [-0.39, 0.29) is 18.5 Å². The van der Waals surface area contributed by atoms with Crippen LogP contribution in [0.1, 0.15) is 19.7 Å². The molecule has 8 heteroatoms. The summed E-state index contributed by atoms with van der Waals surface area (Å²) in [6.07, 6.45) is 0. The summed E-state index contributed by atoms with van der Waals surface area (Å²) in [5.41, 5.74) is -0.540. The quantitative estimate of drug-likeness (QED) is 0.704. The largest absolute Gasteiger partial charge is 0.481 e. The molecule has 104 valence electrons. The second kappa shape index (κ2) is 4.61. The molecule has 1 aliphatic rings. The fraction of sp³-hybridized carbons (Fsp3) is 0.636. The zero-order valence-corrected chi connectivity index (χ0v) is 10.9. The average molecular weight is 268 g/mol. The molecule has 2 unspecified atom stereocenters. The number of carboxylic acids is 1. The van der Waals surface area contributed by atoms with Crippen molar-refractivity contribution in [2.24, 2.45) is 17.3 Å². The molecule has 19 heavy (non-hydrogen) atoms. The summed E-state index contributed by atoms with van der Waals surface area (Å²) in [5, 5.41) is 17.9. The summed E-state index contributed by atoms with van der Waals surface area (Å²) in [4.78, 5) is 27.0. The number of amides is 1. The molecule has 0 saturated heterocycles. The van der Waals surface area contributed by atoms with Gasteiger partial charge in [-0.1, -0.05) is 13.8 Å². The number of carbonyl (C=O) groups excluding carboxylic acids is 1. The van der Waals surface area contributed by atoms with E-state index in [0.29, 0.717) is 5.82 Å². The van der Waals surface area contributed by atoms with E-state index < -0.39 is 23.2 Å². The maximum absolute atomic E-state index is 12.0. The van der Waals surface area contributed by atoms with Gasteiger partial charge in [-0.05, 0) is 5.41 Å². The van der Waals surface area contributed by atoms with Crippen molar-refractivity contribution in [2.75, 3.05) is 12.4 Å². The molecule has 1 amide bonds. The highest BCUT2D eigenvalue weighted by Crippen LogP contribution is 2.58. The third-order valence-corrected chi connectivity index (χ3v) is 3.42. The van der Waals surface area contributed by atoms with Gasteiger partial charge >= 0.3 is 5.97 Å². The van der Waals surface area contributed by atoms with Crippen LogP contribution in [0.4, 0.5) is 5.95 Å². The molecule has 1 heterocycles. The van der Waals surface area contributed by atoms with Gasteiger partial charge in [-0.3, -0.25) is 20.0 Å². The minimum absolute atomic E-state index is 0.129. The van der Waals surface area contributed by atoms with Crippen molar-refractivity contribution < 1.29 is 19.4 Å². The van der Waals surface area contributed by atoms with Crippen LogP contribution in [0.15, 0.2) is 0 Å². The number of hydrogen-bond donors (Lipinski definition) is 3. The monoisotopic (exact) mass is 268 g/mol. The second-order valence-corrected chi connectivity index (χ2v) is 5.14. The first-order valence-electron chi connectivity index (χ1n) is 5.81. The van der Waals surface area contributed by atoms with Crippen molar-refractivity contribution in [2.45, 2.75) is 20.5 Å². The van der Waals surface area contributed by atoms with E-state index in [0.717, 1.165) is 0 Å². The van der Waals surface area contributed by atoms with Gasteiger partial charge in [0, 0.05) is 7.11 Å². The first-order chi connectivity index (χ1) is 8.87. The van der Waals surface area contributed by atoms with E-state index in [1.807, 2.05) is 0 Å². The molecule has 1 aromatic heterocycles. The third-order valence-electron chi connectivity index (χ3n) is 3.42. The average Bonchev–Trinajstić information content (AvgIpc) is 2.65. The number of aromatic nitrogens is 3. The molecule has 2 atom stereocenters. The van der Waals surface area contributed by atoms with Crippen molar-refractivity contribution in [1.29, 1.82) is 0 Å². The predicted molar refractivity (Wildman–Crippen MR) is 64.1 cm³/mol. The first kappa shape index (κ1) is 13.5. The Bertz CT molecular complexity index is 511. The Labute approximate surface area is 109 Å². The lowest BCUT2D eigenvalue weighted by Gasteiger charge is -2.01. The summed E-state index contributed by atoms with van der Waals surface area (Å²) in [7, 11) is 1.52. The first-order valence-corrected chi connectivity index (χ1v) is 5.81. The molecule has 1 aromatic rings. The Morgan fingerprint density at radius 3 is 2.68 bits per heavy atom. The van der Waals surface area contributed by atoms with Gasteiger partial charge < -0.3 is 9.84 Å². The zero-order valence-electron chi connectivity index (χ0n) is 10.9. The lowest BCUT2D eigenvalue weighted by molar-refractivity contribution is -0.140. The fourth-order valence-electron chi connectivity index (χ4n) is 2.33. The number of nitrogens with zero attached hydrogens (tertiary/aromatic N) is 2. The Morgan fingerprint density at radius 2 is 2.16 bits per heavy atom. The number of methoxy groups -OCH3 is 1. The van der Waals surface area contributed by atoms with Crippen LogP contribution >= 0.6 is 0 Å². The van der Waals surface area contributed by atoms with E-state index in [2.05, 4.69) is 20.5 Å². The Hall–Kier alpha value is -1.96. The van der Waals surface area contributed by atoms with Gasteiger partial charge in [0.1, 0.15) is 6.61 Å². The molecule has 8 nitrogen and oxygen atoms in total. The van der Waals surface area contributed by atoms with Crippen LogP contribution in [-0.4, -0.2) is 39.3 Å². The Morgan fingerprint density at radius 1 is 1.47 bits per heavy atom. The number of aliphatic carboxylic acids is 1. The normalized spacial score (nSPS) is 23.9. The van der Waals surface area contributed by atoms with Gasteiger partial charge in [-0.25, -0.2) is 0 Å². The van der Waals surface area contributed by atoms with Crippen LogP contribution in [0.5, 0.6) is 0 Å². The minimum atomic E-state index is -0.958. The van der Waals surface area contributed by atoms with Crippen LogP contribution in [0.25, 0.3) is 0 Å². The molecule has 3 N–H and O–H groups in total. The smallest absolute Gasteiger partial charge is 0.307 e. The highest BCUT2D eigenvalue weighted by atomic mass is 16.5. The van der Waals surface area contributed by atoms with E-state index in [1.54, 1.807) is 13.8 Å². The van der Waals surface area contributed by atoms with Gasteiger partial charge in [0.05, 0.1) is 11.8 Å². The summed E-state index contributed by atoms with van der Waals surface area (Å²) in [6.45, 7) is 3.77. The molecule has 2 rings (SSSR count). The molecule has 0 radical (unpaired) electrons. The van der Waals surface area contributed by atoms with Gasteiger partial charge in [0.25, 0.3) is 0 Å². The molecule has 0 aliphatic heterocycles. The van der Waals surface area contributed by atoms with Crippen molar-refractivity contribution in [1.82, 2.24) is 15.2 Å². The fourth-order valence-corrected chi connectivity index (χ4v) is 2.33. The van der Waals surface area contributed by atoms with E-state index in [4.69, 9.17) is 9.84 Å². The minimum Gasteiger partial charge on any atom is -0.481 e. The number of carboxylic acid groups (broad SMARTS) is 1. The maximum Gasteiger partial charge on any atom is 0.307 e. The molecule has 1 saturated carbocycles. The van der Waals surface area contributed by atoms with Crippen LogP contribution in [0.3, 0.4) is 0 Å². The zero-order chi connectivity index (χ0) is 14.2. The number of rotatable bonds is 5. The number of carbonyl (C=O) groups is 2. The number of H-pyrrole nitrogens is 1. The topological polar surface area (TPSA) is 117 Å². The second-order valence-electron chi connectivity index (χ2n) is 5.14. The Balaban J connectivity index is 2.00. The van der Waals surface area contributed by atoms with Crippen molar-refractivity contribution in [3.63, 3.8) is 0 Å². The van der Waals surface area contributed by atoms with Gasteiger partial charge in [-0.15, -0.1) is 5.10 Å². The highest BCUT2D eigenvalue weighted by Gasteiger charge is 2.66. The molecule has 1 aliphatic carbocycles. The molecule has 0 aromatic carbocycles. The van der Waals surface area contributed by atoms with E-state index in [9.17, 15) is 9.59 Å². The lowest BCUT2D eigenvalue weighted by Crippen LogP contribution is -2.18.